The van der Waals surface area contributed by atoms with Crippen LogP contribution in [0.2, 0.25) is 0 Å². The average Bonchev–Trinajstić information content (AvgIpc) is 3.42. The van der Waals surface area contributed by atoms with Crippen LogP contribution in [0.15, 0.2) is 54.9 Å². The number of aromatic amines is 1. The van der Waals surface area contributed by atoms with Gasteiger partial charge in [-0.3, -0.25) is 14.9 Å². The standard InChI is InChI=1S/C22H25N5O/c1-15(20-25-21(27-26-20)18-12-7-13-23-14-18)24-22(28)19(17-10-5-6-11-17)16-8-3-2-4-9-16/h2-4,7-9,12-15,17,19H,5-6,10-11H2,1H3,(H,24,28)(H,25,26,27)/t15-,19-/m1/s1. The number of aromatic nitrogens is 4. The fourth-order valence-corrected chi connectivity index (χ4v) is 4.05. The third-order valence-corrected chi connectivity index (χ3v) is 5.50. The van der Waals surface area contributed by atoms with Crippen LogP contribution in [0.4, 0.5) is 0 Å². The lowest BCUT2D eigenvalue weighted by molar-refractivity contribution is -0.124. The van der Waals surface area contributed by atoms with Crippen LogP contribution in [-0.4, -0.2) is 26.1 Å². The highest BCUT2D eigenvalue weighted by atomic mass is 16.2. The molecule has 28 heavy (non-hydrogen) atoms. The maximum Gasteiger partial charge on any atom is 0.228 e. The number of pyridine rings is 1. The molecule has 0 spiro atoms. The van der Waals surface area contributed by atoms with Crippen LogP contribution in [-0.2, 0) is 4.79 Å². The first kappa shape index (κ1) is 18.3. The molecule has 0 radical (unpaired) electrons. The van der Waals surface area contributed by atoms with Gasteiger partial charge in [-0.25, -0.2) is 4.98 Å². The molecule has 0 aliphatic heterocycles. The first-order chi connectivity index (χ1) is 13.7. The molecule has 1 aliphatic carbocycles. The maximum atomic E-state index is 13.2. The molecule has 0 saturated heterocycles. The van der Waals surface area contributed by atoms with Crippen LogP contribution in [0.3, 0.4) is 0 Å². The van der Waals surface area contributed by atoms with Crippen molar-refractivity contribution < 1.29 is 4.79 Å². The fourth-order valence-electron chi connectivity index (χ4n) is 4.05. The number of amides is 1. The van der Waals surface area contributed by atoms with E-state index in [1.54, 1.807) is 12.4 Å². The second-order valence-corrected chi connectivity index (χ2v) is 7.45. The zero-order valence-electron chi connectivity index (χ0n) is 16.0. The molecule has 1 aliphatic rings. The summed E-state index contributed by atoms with van der Waals surface area (Å²) >= 11 is 0. The van der Waals surface area contributed by atoms with Crippen molar-refractivity contribution in [2.75, 3.05) is 0 Å². The molecular formula is C22H25N5O. The van der Waals surface area contributed by atoms with E-state index in [-0.39, 0.29) is 17.9 Å². The second kappa shape index (κ2) is 8.33. The number of benzene rings is 1. The van der Waals surface area contributed by atoms with Crippen molar-refractivity contribution in [3.8, 4) is 11.4 Å². The number of nitrogens with one attached hydrogen (secondary N) is 2. The molecule has 1 aromatic carbocycles. The predicted octanol–water partition coefficient (Wildman–Crippen LogP) is 4.02. The number of H-pyrrole nitrogens is 1. The quantitative estimate of drug-likeness (QED) is 0.682. The maximum absolute atomic E-state index is 13.2. The lowest BCUT2D eigenvalue weighted by Gasteiger charge is -2.24. The summed E-state index contributed by atoms with van der Waals surface area (Å²) in [5.74, 6) is 1.57. The zero-order chi connectivity index (χ0) is 19.3. The summed E-state index contributed by atoms with van der Waals surface area (Å²) in [6.07, 6.45) is 8.05. The first-order valence-corrected chi connectivity index (χ1v) is 9.90. The molecule has 2 atom stereocenters. The largest absolute Gasteiger partial charge is 0.346 e. The van der Waals surface area contributed by atoms with Crippen LogP contribution in [0.5, 0.6) is 0 Å². The predicted molar refractivity (Wildman–Crippen MR) is 107 cm³/mol. The molecular weight excluding hydrogens is 350 g/mol. The Kier molecular flexibility index (Phi) is 5.46. The molecule has 6 nitrogen and oxygen atoms in total. The molecule has 2 N–H and O–H groups in total. The van der Waals surface area contributed by atoms with Crippen LogP contribution in [0.25, 0.3) is 11.4 Å². The van der Waals surface area contributed by atoms with E-state index in [9.17, 15) is 4.79 Å². The highest BCUT2D eigenvalue weighted by Gasteiger charge is 2.32. The molecule has 144 valence electrons. The third-order valence-electron chi connectivity index (χ3n) is 5.50. The number of rotatable bonds is 6. The number of nitrogens with zero attached hydrogens (tertiary/aromatic N) is 3. The monoisotopic (exact) mass is 375 g/mol. The number of carbonyl (C=O) groups excluding carboxylic acids is 1. The minimum absolute atomic E-state index is 0.0601. The smallest absolute Gasteiger partial charge is 0.228 e. The average molecular weight is 375 g/mol. The summed E-state index contributed by atoms with van der Waals surface area (Å²) in [5.41, 5.74) is 1.93. The summed E-state index contributed by atoms with van der Waals surface area (Å²) in [6, 6.07) is 13.6. The zero-order valence-corrected chi connectivity index (χ0v) is 16.0. The third kappa shape index (κ3) is 3.96. The SMILES string of the molecule is C[C@@H](NC(=O)[C@H](c1ccccc1)C1CCCC1)c1nc(-c2cccnc2)n[nH]1. The second-order valence-electron chi connectivity index (χ2n) is 7.45. The Balaban J connectivity index is 1.50. The molecule has 2 aromatic heterocycles. The minimum Gasteiger partial charge on any atom is -0.346 e. The molecule has 1 saturated carbocycles. The summed E-state index contributed by atoms with van der Waals surface area (Å²) in [5, 5.41) is 10.4. The van der Waals surface area contributed by atoms with E-state index in [1.807, 2.05) is 37.3 Å². The summed E-state index contributed by atoms with van der Waals surface area (Å²) < 4.78 is 0. The van der Waals surface area contributed by atoms with Gasteiger partial charge < -0.3 is 5.32 Å². The van der Waals surface area contributed by atoms with Gasteiger partial charge in [-0.05, 0) is 43.4 Å². The van der Waals surface area contributed by atoms with Gasteiger partial charge >= 0.3 is 0 Å². The van der Waals surface area contributed by atoms with Crippen molar-refractivity contribution in [1.29, 1.82) is 0 Å². The fraction of sp³-hybridized carbons (Fsp3) is 0.364. The van der Waals surface area contributed by atoms with E-state index in [1.165, 1.54) is 12.8 Å². The van der Waals surface area contributed by atoms with Crippen molar-refractivity contribution in [3.05, 3.63) is 66.2 Å². The normalized spacial score (nSPS) is 16.6. The van der Waals surface area contributed by atoms with Gasteiger partial charge in [-0.15, -0.1) is 0 Å². The lowest BCUT2D eigenvalue weighted by atomic mass is 9.84. The van der Waals surface area contributed by atoms with E-state index in [2.05, 4.69) is 37.6 Å². The van der Waals surface area contributed by atoms with E-state index in [0.717, 1.165) is 24.0 Å². The van der Waals surface area contributed by atoms with Gasteiger partial charge in [0.05, 0.1) is 12.0 Å². The minimum atomic E-state index is -0.252. The summed E-state index contributed by atoms with van der Waals surface area (Å²) in [4.78, 5) is 21.9. The molecule has 2 heterocycles. The van der Waals surface area contributed by atoms with Crippen LogP contribution >= 0.6 is 0 Å². The number of hydrogen-bond donors (Lipinski definition) is 2. The Morgan fingerprint density at radius 3 is 2.64 bits per heavy atom. The molecule has 3 aromatic rings. The van der Waals surface area contributed by atoms with Crippen molar-refractivity contribution in [2.45, 2.75) is 44.6 Å². The van der Waals surface area contributed by atoms with Crippen LogP contribution < -0.4 is 5.32 Å². The molecule has 6 heteroatoms. The van der Waals surface area contributed by atoms with Crippen molar-refractivity contribution >= 4 is 5.91 Å². The van der Waals surface area contributed by atoms with E-state index < -0.39 is 0 Å². The Labute approximate surface area is 164 Å². The van der Waals surface area contributed by atoms with E-state index >= 15 is 0 Å². The molecule has 1 amide bonds. The topological polar surface area (TPSA) is 83.6 Å². The van der Waals surface area contributed by atoms with Gasteiger partial charge in [0.1, 0.15) is 5.82 Å². The van der Waals surface area contributed by atoms with Gasteiger partial charge in [0.25, 0.3) is 0 Å². The van der Waals surface area contributed by atoms with Crippen molar-refractivity contribution in [3.63, 3.8) is 0 Å². The van der Waals surface area contributed by atoms with Gasteiger partial charge in [0.15, 0.2) is 5.82 Å². The van der Waals surface area contributed by atoms with E-state index in [4.69, 9.17) is 0 Å². The van der Waals surface area contributed by atoms with Crippen molar-refractivity contribution in [2.24, 2.45) is 5.92 Å². The number of hydrogen-bond acceptors (Lipinski definition) is 4. The Morgan fingerprint density at radius 2 is 1.93 bits per heavy atom. The van der Waals surface area contributed by atoms with Crippen LogP contribution in [0.1, 0.15) is 56.0 Å². The van der Waals surface area contributed by atoms with E-state index in [0.29, 0.717) is 17.6 Å². The molecule has 4 rings (SSSR count). The summed E-state index contributed by atoms with van der Waals surface area (Å²) in [7, 11) is 0. The number of carbonyl (C=O) groups is 1. The van der Waals surface area contributed by atoms with Gasteiger partial charge in [-0.1, -0.05) is 43.2 Å². The molecule has 0 bridgehead atoms. The molecule has 1 fully saturated rings. The Hall–Kier alpha value is -3.02. The van der Waals surface area contributed by atoms with Crippen molar-refractivity contribution in [1.82, 2.24) is 25.5 Å². The first-order valence-electron chi connectivity index (χ1n) is 9.90. The Morgan fingerprint density at radius 1 is 1.14 bits per heavy atom. The lowest BCUT2D eigenvalue weighted by Crippen LogP contribution is -2.35. The highest BCUT2D eigenvalue weighted by Crippen LogP contribution is 2.37. The van der Waals surface area contributed by atoms with Gasteiger partial charge in [0, 0.05) is 18.0 Å². The van der Waals surface area contributed by atoms with Gasteiger partial charge in [-0.2, -0.15) is 5.10 Å². The Bertz CT molecular complexity index is 903. The van der Waals surface area contributed by atoms with Crippen LogP contribution in [0, 0.1) is 5.92 Å². The van der Waals surface area contributed by atoms with Gasteiger partial charge in [0.2, 0.25) is 5.91 Å². The highest BCUT2D eigenvalue weighted by molar-refractivity contribution is 5.84. The molecule has 0 unspecified atom stereocenters. The summed E-state index contributed by atoms with van der Waals surface area (Å²) in [6.45, 7) is 1.93.